The van der Waals surface area contributed by atoms with Gasteiger partial charge in [0.25, 0.3) is 0 Å². The van der Waals surface area contributed by atoms with Gasteiger partial charge in [-0.25, -0.2) is 4.79 Å². The quantitative estimate of drug-likeness (QED) is 0.913. The second-order valence-electron chi connectivity index (χ2n) is 7.45. The number of fused-ring (bicyclic) bond motifs is 1. The molecular weight excluding hydrogens is 276 g/mol. The molecule has 0 radical (unpaired) electrons. The molecule has 3 rings (SSSR count). The zero-order chi connectivity index (χ0) is 15.7. The van der Waals surface area contributed by atoms with Crippen LogP contribution in [-0.4, -0.2) is 41.8 Å². The van der Waals surface area contributed by atoms with Gasteiger partial charge in [-0.05, 0) is 51.2 Å². The van der Waals surface area contributed by atoms with Gasteiger partial charge >= 0.3 is 6.09 Å². The second kappa shape index (κ2) is 5.92. The van der Waals surface area contributed by atoms with Crippen LogP contribution in [0.2, 0.25) is 0 Å². The first-order chi connectivity index (χ1) is 10.4. The molecule has 1 saturated heterocycles. The number of ether oxygens (including phenoxy) is 1. The lowest BCUT2D eigenvalue weighted by Crippen LogP contribution is -2.42. The van der Waals surface area contributed by atoms with Crippen molar-refractivity contribution in [3.8, 4) is 0 Å². The third-order valence-electron chi connectivity index (χ3n) is 4.36. The first kappa shape index (κ1) is 15.3. The molecule has 22 heavy (non-hydrogen) atoms. The van der Waals surface area contributed by atoms with Crippen molar-refractivity contribution in [2.75, 3.05) is 13.1 Å². The highest BCUT2D eigenvalue weighted by Crippen LogP contribution is 2.23. The van der Waals surface area contributed by atoms with E-state index in [0.29, 0.717) is 12.1 Å². The SMILES string of the molecule is CC(C)(C)OC(=O)N1CCC(NC2Cc3ccccc3C2)C1. The maximum Gasteiger partial charge on any atom is 0.410 e. The molecule has 1 N–H and O–H groups in total. The van der Waals surface area contributed by atoms with Gasteiger partial charge in [0.1, 0.15) is 5.60 Å². The summed E-state index contributed by atoms with van der Waals surface area (Å²) in [5.74, 6) is 0. The smallest absolute Gasteiger partial charge is 0.410 e. The van der Waals surface area contributed by atoms with Crippen LogP contribution in [0.5, 0.6) is 0 Å². The van der Waals surface area contributed by atoms with Gasteiger partial charge in [0, 0.05) is 25.2 Å². The number of hydrogen-bond acceptors (Lipinski definition) is 3. The van der Waals surface area contributed by atoms with E-state index in [0.717, 1.165) is 32.4 Å². The van der Waals surface area contributed by atoms with Crippen molar-refractivity contribution >= 4 is 6.09 Å². The van der Waals surface area contributed by atoms with Gasteiger partial charge in [-0.2, -0.15) is 0 Å². The lowest BCUT2D eigenvalue weighted by Gasteiger charge is -2.25. The molecule has 4 heteroatoms. The fraction of sp³-hybridized carbons (Fsp3) is 0.611. The van der Waals surface area contributed by atoms with Crippen molar-refractivity contribution < 1.29 is 9.53 Å². The van der Waals surface area contributed by atoms with Crippen molar-refractivity contribution in [2.24, 2.45) is 0 Å². The molecule has 1 aromatic rings. The molecule has 4 nitrogen and oxygen atoms in total. The van der Waals surface area contributed by atoms with E-state index in [2.05, 4.69) is 29.6 Å². The van der Waals surface area contributed by atoms with Gasteiger partial charge in [-0.15, -0.1) is 0 Å². The van der Waals surface area contributed by atoms with Crippen molar-refractivity contribution in [1.29, 1.82) is 0 Å². The van der Waals surface area contributed by atoms with Crippen molar-refractivity contribution in [3.63, 3.8) is 0 Å². The normalized spacial score (nSPS) is 22.0. The van der Waals surface area contributed by atoms with E-state index < -0.39 is 5.60 Å². The maximum atomic E-state index is 12.1. The minimum atomic E-state index is -0.421. The summed E-state index contributed by atoms with van der Waals surface area (Å²) in [4.78, 5) is 13.9. The summed E-state index contributed by atoms with van der Waals surface area (Å²) in [6, 6.07) is 9.55. The highest BCUT2D eigenvalue weighted by Gasteiger charge is 2.32. The van der Waals surface area contributed by atoms with E-state index in [4.69, 9.17) is 4.74 Å². The third-order valence-corrected chi connectivity index (χ3v) is 4.36. The lowest BCUT2D eigenvalue weighted by atomic mass is 10.1. The maximum absolute atomic E-state index is 12.1. The zero-order valence-corrected chi connectivity index (χ0v) is 13.8. The molecule has 1 aliphatic heterocycles. The number of carbonyl (C=O) groups excluding carboxylic acids is 1. The predicted molar refractivity (Wildman–Crippen MR) is 87.0 cm³/mol. The molecule has 1 fully saturated rings. The summed E-state index contributed by atoms with van der Waals surface area (Å²) in [7, 11) is 0. The number of amides is 1. The number of carbonyl (C=O) groups is 1. The predicted octanol–water partition coefficient (Wildman–Crippen LogP) is 2.75. The molecular formula is C18H26N2O2. The van der Waals surface area contributed by atoms with Crippen LogP contribution in [0.4, 0.5) is 4.79 Å². The molecule has 1 unspecified atom stereocenters. The Balaban J connectivity index is 1.49. The van der Waals surface area contributed by atoms with Gasteiger partial charge in [-0.3, -0.25) is 0 Å². The van der Waals surface area contributed by atoms with Gasteiger partial charge in [-0.1, -0.05) is 24.3 Å². The molecule has 0 aromatic heterocycles. The monoisotopic (exact) mass is 302 g/mol. The van der Waals surface area contributed by atoms with E-state index in [-0.39, 0.29) is 6.09 Å². The van der Waals surface area contributed by atoms with Crippen LogP contribution in [0.1, 0.15) is 38.3 Å². The minimum absolute atomic E-state index is 0.188. The zero-order valence-electron chi connectivity index (χ0n) is 13.8. The lowest BCUT2D eigenvalue weighted by molar-refractivity contribution is 0.0290. The van der Waals surface area contributed by atoms with Gasteiger partial charge in [0.15, 0.2) is 0 Å². The Bertz CT molecular complexity index is 525. The van der Waals surface area contributed by atoms with Crippen LogP contribution in [0, 0.1) is 0 Å². The van der Waals surface area contributed by atoms with E-state index in [9.17, 15) is 4.79 Å². The standard InChI is InChI=1S/C18H26N2O2/c1-18(2,3)22-17(21)20-9-8-15(12-20)19-16-10-13-6-4-5-7-14(13)11-16/h4-7,15-16,19H,8-12H2,1-3H3. The van der Waals surface area contributed by atoms with Crippen LogP contribution >= 0.6 is 0 Å². The number of benzene rings is 1. The van der Waals surface area contributed by atoms with E-state index >= 15 is 0 Å². The summed E-state index contributed by atoms with van der Waals surface area (Å²) < 4.78 is 5.45. The topological polar surface area (TPSA) is 41.6 Å². The van der Waals surface area contributed by atoms with Crippen LogP contribution < -0.4 is 5.32 Å². The summed E-state index contributed by atoms with van der Waals surface area (Å²) in [6.07, 6.45) is 3.01. The fourth-order valence-corrected chi connectivity index (χ4v) is 3.40. The number of hydrogen-bond donors (Lipinski definition) is 1. The first-order valence-electron chi connectivity index (χ1n) is 8.21. The first-order valence-corrected chi connectivity index (χ1v) is 8.21. The number of nitrogens with zero attached hydrogens (tertiary/aromatic N) is 1. The van der Waals surface area contributed by atoms with Crippen molar-refractivity contribution in [1.82, 2.24) is 10.2 Å². The fourth-order valence-electron chi connectivity index (χ4n) is 3.40. The van der Waals surface area contributed by atoms with Crippen LogP contribution in [0.25, 0.3) is 0 Å². The van der Waals surface area contributed by atoms with E-state index in [1.807, 2.05) is 25.7 Å². The second-order valence-corrected chi connectivity index (χ2v) is 7.45. The largest absolute Gasteiger partial charge is 0.444 e. The molecule has 1 atom stereocenters. The van der Waals surface area contributed by atoms with Crippen LogP contribution in [-0.2, 0) is 17.6 Å². The Labute approximate surface area is 132 Å². The number of likely N-dealkylation sites (tertiary alicyclic amines) is 1. The van der Waals surface area contributed by atoms with Gasteiger partial charge < -0.3 is 15.0 Å². The summed E-state index contributed by atoms with van der Waals surface area (Å²) in [5, 5.41) is 3.72. The summed E-state index contributed by atoms with van der Waals surface area (Å²) in [6.45, 7) is 7.26. The molecule has 1 aromatic carbocycles. The number of nitrogens with one attached hydrogen (secondary N) is 1. The summed E-state index contributed by atoms with van der Waals surface area (Å²) in [5.41, 5.74) is 2.50. The van der Waals surface area contributed by atoms with E-state index in [1.54, 1.807) is 0 Å². The van der Waals surface area contributed by atoms with Gasteiger partial charge in [0.05, 0.1) is 0 Å². The highest BCUT2D eigenvalue weighted by atomic mass is 16.6. The Morgan fingerprint density at radius 3 is 2.41 bits per heavy atom. The highest BCUT2D eigenvalue weighted by molar-refractivity contribution is 5.68. The van der Waals surface area contributed by atoms with Crippen LogP contribution in [0.3, 0.4) is 0 Å². The Morgan fingerprint density at radius 1 is 1.18 bits per heavy atom. The van der Waals surface area contributed by atoms with Gasteiger partial charge in [0.2, 0.25) is 0 Å². The Kier molecular flexibility index (Phi) is 4.13. The van der Waals surface area contributed by atoms with Crippen LogP contribution in [0.15, 0.2) is 24.3 Å². The molecule has 0 saturated carbocycles. The van der Waals surface area contributed by atoms with Crippen molar-refractivity contribution in [2.45, 2.75) is 57.7 Å². The Morgan fingerprint density at radius 2 is 1.82 bits per heavy atom. The minimum Gasteiger partial charge on any atom is -0.444 e. The Hall–Kier alpha value is -1.55. The molecule has 2 aliphatic rings. The molecule has 120 valence electrons. The van der Waals surface area contributed by atoms with E-state index in [1.165, 1.54) is 11.1 Å². The summed E-state index contributed by atoms with van der Waals surface area (Å²) >= 11 is 0. The molecule has 1 aliphatic carbocycles. The van der Waals surface area contributed by atoms with Crippen molar-refractivity contribution in [3.05, 3.63) is 35.4 Å². The third kappa shape index (κ3) is 3.61. The average molecular weight is 302 g/mol. The average Bonchev–Trinajstić information content (AvgIpc) is 3.02. The molecule has 0 spiro atoms. The molecule has 1 heterocycles. The number of rotatable bonds is 2. The molecule has 1 amide bonds. The molecule has 0 bridgehead atoms.